The molecule has 1 saturated carbocycles. The zero-order chi connectivity index (χ0) is 26.5. The van der Waals surface area contributed by atoms with E-state index in [1.54, 1.807) is 24.4 Å². The maximum absolute atomic E-state index is 13.1. The molecule has 0 amide bonds. The molecule has 9 heteroatoms. The number of aryl methyl sites for hydroxylation is 1. The summed E-state index contributed by atoms with van der Waals surface area (Å²) < 4.78 is 26.2. The van der Waals surface area contributed by atoms with Crippen molar-refractivity contribution in [3.8, 4) is 0 Å². The van der Waals surface area contributed by atoms with Crippen molar-refractivity contribution < 1.29 is 8.42 Å². The number of aromatic nitrogens is 2. The number of rotatable bonds is 8. The molecule has 0 bridgehead atoms. The lowest BCUT2D eigenvalue weighted by Crippen LogP contribution is -2.44. The standard InChI is InChI=1S/C29H38N6O2S/c1-22-20-30-29(32-24-11-13-26(14-12-24)35-17-15-34(2)16-18-35)33-28(22)31-25-9-6-10-27(19-25)38(36,37)21-23-7-4-3-5-8-23/h6,9-14,19-20,23H,3-5,7-8,15-18,21H2,1-2H3,(H2,30,31,32,33). The second-order valence-corrected chi connectivity index (χ2v) is 12.7. The number of sulfone groups is 1. The minimum Gasteiger partial charge on any atom is -0.369 e. The predicted molar refractivity (Wildman–Crippen MR) is 155 cm³/mol. The number of nitrogens with zero attached hydrogens (tertiary/aromatic N) is 4. The van der Waals surface area contributed by atoms with Crippen LogP contribution in [0.4, 0.5) is 28.8 Å². The van der Waals surface area contributed by atoms with E-state index in [0.29, 0.717) is 22.3 Å². The Bertz CT molecular complexity index is 1330. The largest absolute Gasteiger partial charge is 0.369 e. The number of hydrogen-bond donors (Lipinski definition) is 2. The third kappa shape index (κ3) is 6.63. The minimum atomic E-state index is -3.34. The van der Waals surface area contributed by atoms with E-state index >= 15 is 0 Å². The molecular formula is C29H38N6O2S. The maximum atomic E-state index is 13.1. The second kappa shape index (κ2) is 11.7. The maximum Gasteiger partial charge on any atom is 0.229 e. The first-order chi connectivity index (χ1) is 18.4. The topological polar surface area (TPSA) is 90.5 Å². The first-order valence-corrected chi connectivity index (χ1v) is 15.2. The Balaban J connectivity index is 1.26. The van der Waals surface area contributed by atoms with Gasteiger partial charge in [-0.15, -0.1) is 0 Å². The molecule has 2 fully saturated rings. The molecule has 0 unspecified atom stereocenters. The van der Waals surface area contributed by atoms with Crippen LogP contribution in [-0.4, -0.2) is 62.3 Å². The summed E-state index contributed by atoms with van der Waals surface area (Å²) in [6.45, 7) is 6.14. The summed E-state index contributed by atoms with van der Waals surface area (Å²) in [4.78, 5) is 14.2. The van der Waals surface area contributed by atoms with Crippen LogP contribution in [0.5, 0.6) is 0 Å². The molecule has 5 rings (SSSR count). The highest BCUT2D eigenvalue weighted by atomic mass is 32.2. The van der Waals surface area contributed by atoms with E-state index in [4.69, 9.17) is 0 Å². The van der Waals surface area contributed by atoms with Gasteiger partial charge in [0.05, 0.1) is 10.6 Å². The van der Waals surface area contributed by atoms with Crippen molar-refractivity contribution in [2.24, 2.45) is 5.92 Å². The van der Waals surface area contributed by atoms with E-state index in [1.165, 1.54) is 12.1 Å². The summed E-state index contributed by atoms with van der Waals surface area (Å²) in [5.41, 5.74) is 3.69. The lowest BCUT2D eigenvalue weighted by Gasteiger charge is -2.34. The van der Waals surface area contributed by atoms with Crippen molar-refractivity contribution >= 4 is 38.7 Å². The molecule has 2 aliphatic rings. The summed E-state index contributed by atoms with van der Waals surface area (Å²) in [6, 6.07) is 15.4. The van der Waals surface area contributed by atoms with Gasteiger partial charge in [0.1, 0.15) is 5.82 Å². The summed E-state index contributed by atoms with van der Waals surface area (Å²) in [5.74, 6) is 1.61. The Labute approximate surface area is 226 Å². The third-order valence-corrected chi connectivity index (χ3v) is 9.48. The highest BCUT2D eigenvalue weighted by Gasteiger charge is 2.23. The fourth-order valence-electron chi connectivity index (χ4n) is 5.24. The van der Waals surface area contributed by atoms with Crippen LogP contribution < -0.4 is 15.5 Å². The molecule has 0 radical (unpaired) electrons. The van der Waals surface area contributed by atoms with Gasteiger partial charge in [-0.1, -0.05) is 25.3 Å². The van der Waals surface area contributed by atoms with Gasteiger partial charge >= 0.3 is 0 Å². The first kappa shape index (κ1) is 26.4. The highest BCUT2D eigenvalue weighted by molar-refractivity contribution is 7.91. The van der Waals surface area contributed by atoms with Gasteiger partial charge in [-0.25, -0.2) is 13.4 Å². The van der Waals surface area contributed by atoms with Gasteiger partial charge in [0, 0.05) is 55.0 Å². The monoisotopic (exact) mass is 534 g/mol. The molecule has 38 heavy (non-hydrogen) atoms. The van der Waals surface area contributed by atoms with Crippen molar-refractivity contribution in [2.45, 2.75) is 43.9 Å². The van der Waals surface area contributed by atoms with E-state index < -0.39 is 9.84 Å². The third-order valence-electron chi connectivity index (χ3n) is 7.60. The molecular weight excluding hydrogens is 496 g/mol. The van der Waals surface area contributed by atoms with Gasteiger partial charge in [0.15, 0.2) is 9.84 Å². The Morgan fingerprint density at radius 2 is 1.66 bits per heavy atom. The smallest absolute Gasteiger partial charge is 0.229 e. The van der Waals surface area contributed by atoms with Crippen LogP contribution in [0.2, 0.25) is 0 Å². The normalized spacial score (nSPS) is 17.4. The summed E-state index contributed by atoms with van der Waals surface area (Å²) in [5, 5.41) is 6.59. The zero-order valence-electron chi connectivity index (χ0n) is 22.4. The Hall–Kier alpha value is -3.17. The van der Waals surface area contributed by atoms with Gasteiger partial charge in [-0.3, -0.25) is 0 Å². The van der Waals surface area contributed by atoms with Crippen LogP contribution in [0, 0.1) is 12.8 Å². The fourth-order valence-corrected chi connectivity index (χ4v) is 6.98. The molecule has 0 spiro atoms. The highest BCUT2D eigenvalue weighted by Crippen LogP contribution is 2.29. The fraction of sp³-hybridized carbons (Fsp3) is 0.448. The zero-order valence-corrected chi connectivity index (χ0v) is 23.2. The molecule has 1 aliphatic heterocycles. The van der Waals surface area contributed by atoms with Crippen LogP contribution >= 0.6 is 0 Å². The van der Waals surface area contributed by atoms with E-state index in [-0.39, 0.29) is 11.7 Å². The number of nitrogens with one attached hydrogen (secondary N) is 2. The number of likely N-dealkylation sites (N-methyl/N-ethyl adjacent to an activating group) is 1. The van der Waals surface area contributed by atoms with Gasteiger partial charge in [-0.2, -0.15) is 4.98 Å². The average Bonchev–Trinajstić information content (AvgIpc) is 2.92. The Morgan fingerprint density at radius 3 is 2.39 bits per heavy atom. The van der Waals surface area contributed by atoms with Crippen molar-refractivity contribution in [2.75, 3.05) is 54.5 Å². The molecule has 2 N–H and O–H groups in total. The van der Waals surface area contributed by atoms with Crippen molar-refractivity contribution in [1.29, 1.82) is 0 Å². The van der Waals surface area contributed by atoms with E-state index in [9.17, 15) is 8.42 Å². The van der Waals surface area contributed by atoms with E-state index in [1.807, 2.05) is 25.1 Å². The van der Waals surface area contributed by atoms with Gasteiger partial charge < -0.3 is 20.4 Å². The van der Waals surface area contributed by atoms with Crippen LogP contribution in [0.15, 0.2) is 59.6 Å². The van der Waals surface area contributed by atoms with Crippen LogP contribution in [0.1, 0.15) is 37.7 Å². The van der Waals surface area contributed by atoms with Crippen LogP contribution in [0.25, 0.3) is 0 Å². The Morgan fingerprint density at radius 1 is 0.921 bits per heavy atom. The first-order valence-electron chi connectivity index (χ1n) is 13.6. The number of piperazine rings is 1. The minimum absolute atomic E-state index is 0.227. The van der Waals surface area contributed by atoms with Crippen molar-refractivity contribution in [3.05, 3.63) is 60.3 Å². The Kier molecular flexibility index (Phi) is 8.14. The van der Waals surface area contributed by atoms with E-state index in [0.717, 1.165) is 63.1 Å². The molecule has 0 atom stereocenters. The summed E-state index contributed by atoms with van der Waals surface area (Å²) in [6.07, 6.45) is 7.25. The molecule has 2 aromatic carbocycles. The number of hydrogen-bond acceptors (Lipinski definition) is 8. The van der Waals surface area contributed by atoms with Gasteiger partial charge in [-0.05, 0) is 75.2 Å². The summed E-state index contributed by atoms with van der Waals surface area (Å²) >= 11 is 0. The molecule has 1 aliphatic carbocycles. The second-order valence-electron chi connectivity index (χ2n) is 10.6. The molecule has 3 aromatic rings. The number of benzene rings is 2. The summed E-state index contributed by atoms with van der Waals surface area (Å²) in [7, 11) is -1.18. The molecule has 202 valence electrons. The average molecular weight is 535 g/mol. The predicted octanol–water partition coefficient (Wildman–Crippen LogP) is 5.38. The lowest BCUT2D eigenvalue weighted by atomic mass is 9.91. The van der Waals surface area contributed by atoms with Crippen LogP contribution in [-0.2, 0) is 9.84 Å². The van der Waals surface area contributed by atoms with Gasteiger partial charge in [0.2, 0.25) is 5.95 Å². The molecule has 2 heterocycles. The number of anilines is 5. The molecule has 1 saturated heterocycles. The molecule has 1 aromatic heterocycles. The van der Waals surface area contributed by atoms with Crippen molar-refractivity contribution in [1.82, 2.24) is 14.9 Å². The van der Waals surface area contributed by atoms with Crippen LogP contribution in [0.3, 0.4) is 0 Å². The lowest BCUT2D eigenvalue weighted by molar-refractivity contribution is 0.313. The van der Waals surface area contributed by atoms with Gasteiger partial charge in [0.25, 0.3) is 0 Å². The van der Waals surface area contributed by atoms with Crippen molar-refractivity contribution in [3.63, 3.8) is 0 Å². The quantitative estimate of drug-likeness (QED) is 0.398. The van der Waals surface area contributed by atoms with E-state index in [2.05, 4.69) is 49.6 Å². The molecule has 8 nitrogen and oxygen atoms in total. The SMILES string of the molecule is Cc1cnc(Nc2ccc(N3CCN(C)CC3)cc2)nc1Nc1cccc(S(=O)(=O)CC2CCCCC2)c1.